The van der Waals surface area contributed by atoms with Gasteiger partial charge >= 0.3 is 0 Å². The molecule has 3 fully saturated rings. The van der Waals surface area contributed by atoms with Gasteiger partial charge in [-0.2, -0.15) is 0 Å². The van der Waals surface area contributed by atoms with Crippen LogP contribution in [0.2, 0.25) is 0 Å². The molecule has 0 spiro atoms. The summed E-state index contributed by atoms with van der Waals surface area (Å²) < 4.78 is 0. The number of hydrogen-bond acceptors (Lipinski definition) is 3. The standard InChI is InChI=1S/C11H16N2S/c1-4-13-5-2-9(1)10(8-13)7-11-12-3-6-14-11/h3,6,9-10H,1-2,4-5,7-8H2. The van der Waals surface area contributed by atoms with Gasteiger partial charge < -0.3 is 4.90 Å². The summed E-state index contributed by atoms with van der Waals surface area (Å²) in [7, 11) is 0. The molecule has 3 saturated heterocycles. The average molecular weight is 208 g/mol. The van der Waals surface area contributed by atoms with Crippen LogP contribution in [-0.2, 0) is 6.42 Å². The van der Waals surface area contributed by atoms with Gasteiger partial charge in [-0.15, -0.1) is 11.3 Å². The molecule has 4 rings (SSSR count). The van der Waals surface area contributed by atoms with Gasteiger partial charge in [-0.25, -0.2) is 4.98 Å². The zero-order valence-electron chi connectivity index (χ0n) is 8.35. The number of nitrogens with zero attached hydrogens (tertiary/aromatic N) is 2. The largest absolute Gasteiger partial charge is 0.303 e. The molecule has 4 heterocycles. The molecule has 0 radical (unpaired) electrons. The highest BCUT2D eigenvalue weighted by Gasteiger charge is 2.34. The zero-order chi connectivity index (χ0) is 9.38. The van der Waals surface area contributed by atoms with Crippen molar-refractivity contribution in [2.45, 2.75) is 19.3 Å². The third-order valence-corrected chi connectivity index (χ3v) is 4.51. The Labute approximate surface area is 89.0 Å². The third kappa shape index (κ3) is 1.59. The third-order valence-electron chi connectivity index (χ3n) is 3.71. The molecule has 0 amide bonds. The van der Waals surface area contributed by atoms with Crippen molar-refractivity contribution < 1.29 is 0 Å². The van der Waals surface area contributed by atoms with Crippen LogP contribution < -0.4 is 0 Å². The zero-order valence-corrected chi connectivity index (χ0v) is 9.17. The lowest BCUT2D eigenvalue weighted by Crippen LogP contribution is -2.48. The number of rotatable bonds is 2. The van der Waals surface area contributed by atoms with Crippen LogP contribution in [0.25, 0.3) is 0 Å². The van der Waals surface area contributed by atoms with E-state index in [2.05, 4.69) is 15.3 Å². The summed E-state index contributed by atoms with van der Waals surface area (Å²) in [6.45, 7) is 4.02. The second-order valence-electron chi connectivity index (χ2n) is 4.53. The lowest BCUT2D eigenvalue weighted by atomic mass is 9.77. The van der Waals surface area contributed by atoms with Crippen molar-refractivity contribution in [3.8, 4) is 0 Å². The van der Waals surface area contributed by atoms with Crippen molar-refractivity contribution in [2.75, 3.05) is 19.6 Å². The lowest BCUT2D eigenvalue weighted by molar-refractivity contribution is 0.0512. The predicted octanol–water partition coefficient (Wildman–Crippen LogP) is 2.03. The highest BCUT2D eigenvalue weighted by Crippen LogP contribution is 2.34. The fraction of sp³-hybridized carbons (Fsp3) is 0.727. The maximum atomic E-state index is 4.39. The molecule has 0 N–H and O–H groups in total. The van der Waals surface area contributed by atoms with Crippen molar-refractivity contribution in [1.29, 1.82) is 0 Å². The van der Waals surface area contributed by atoms with Crippen molar-refractivity contribution in [2.24, 2.45) is 11.8 Å². The van der Waals surface area contributed by atoms with E-state index in [4.69, 9.17) is 0 Å². The molecule has 1 aromatic rings. The van der Waals surface area contributed by atoms with E-state index in [0.717, 1.165) is 11.8 Å². The fourth-order valence-electron chi connectivity index (χ4n) is 2.90. The van der Waals surface area contributed by atoms with E-state index in [-0.39, 0.29) is 0 Å². The van der Waals surface area contributed by atoms with Crippen LogP contribution in [-0.4, -0.2) is 29.5 Å². The molecule has 76 valence electrons. The molecule has 1 unspecified atom stereocenters. The lowest BCUT2D eigenvalue weighted by Gasteiger charge is -2.44. The summed E-state index contributed by atoms with van der Waals surface area (Å²) >= 11 is 1.81. The minimum Gasteiger partial charge on any atom is -0.303 e. The Morgan fingerprint density at radius 2 is 2.29 bits per heavy atom. The second-order valence-corrected chi connectivity index (χ2v) is 5.51. The quantitative estimate of drug-likeness (QED) is 0.739. The molecule has 0 saturated carbocycles. The predicted molar refractivity (Wildman–Crippen MR) is 58.5 cm³/mol. The molecule has 3 aliphatic heterocycles. The molecule has 14 heavy (non-hydrogen) atoms. The minimum absolute atomic E-state index is 0.892. The first-order valence-corrected chi connectivity index (χ1v) is 6.40. The van der Waals surface area contributed by atoms with E-state index in [1.807, 2.05) is 17.5 Å². The van der Waals surface area contributed by atoms with Gasteiger partial charge in [0.05, 0.1) is 5.01 Å². The molecule has 1 aromatic heterocycles. The summed E-state index contributed by atoms with van der Waals surface area (Å²) in [4.78, 5) is 7.02. The molecule has 3 aliphatic rings. The van der Waals surface area contributed by atoms with Crippen LogP contribution in [0.4, 0.5) is 0 Å². The van der Waals surface area contributed by atoms with Gasteiger partial charge in [0.25, 0.3) is 0 Å². The molecule has 2 bridgehead atoms. The Bertz CT molecular complexity index is 288. The molecular weight excluding hydrogens is 192 g/mol. The van der Waals surface area contributed by atoms with E-state index in [1.54, 1.807) is 0 Å². The Balaban J connectivity index is 1.68. The Morgan fingerprint density at radius 3 is 2.86 bits per heavy atom. The Hall–Kier alpha value is -0.410. The summed E-state index contributed by atoms with van der Waals surface area (Å²) in [5, 5.41) is 3.43. The highest BCUT2D eigenvalue weighted by molar-refractivity contribution is 7.09. The molecule has 2 nitrogen and oxygen atoms in total. The SMILES string of the molecule is c1csc(CC2CN3CCC2CC3)n1. The van der Waals surface area contributed by atoms with Crippen molar-refractivity contribution in [3.63, 3.8) is 0 Å². The van der Waals surface area contributed by atoms with E-state index >= 15 is 0 Å². The number of piperidine rings is 3. The summed E-state index contributed by atoms with van der Waals surface area (Å²) in [6, 6.07) is 0. The van der Waals surface area contributed by atoms with Crippen LogP contribution in [0, 0.1) is 11.8 Å². The molecule has 0 aromatic carbocycles. The Morgan fingerprint density at radius 1 is 1.43 bits per heavy atom. The first-order valence-electron chi connectivity index (χ1n) is 5.52. The average Bonchev–Trinajstić information content (AvgIpc) is 2.72. The van der Waals surface area contributed by atoms with Gasteiger partial charge in [0, 0.05) is 24.5 Å². The van der Waals surface area contributed by atoms with Gasteiger partial charge in [0.2, 0.25) is 0 Å². The van der Waals surface area contributed by atoms with Gasteiger partial charge in [-0.1, -0.05) is 0 Å². The van der Waals surface area contributed by atoms with Gasteiger partial charge in [-0.3, -0.25) is 0 Å². The summed E-state index contributed by atoms with van der Waals surface area (Å²) in [6.07, 6.45) is 6.01. The number of fused-ring (bicyclic) bond motifs is 3. The maximum absolute atomic E-state index is 4.39. The van der Waals surface area contributed by atoms with E-state index in [0.29, 0.717) is 0 Å². The summed E-state index contributed by atoms with van der Waals surface area (Å²) in [5.41, 5.74) is 0. The monoisotopic (exact) mass is 208 g/mol. The van der Waals surface area contributed by atoms with Crippen LogP contribution >= 0.6 is 11.3 Å². The number of aromatic nitrogens is 1. The van der Waals surface area contributed by atoms with Gasteiger partial charge in [0.15, 0.2) is 0 Å². The topological polar surface area (TPSA) is 16.1 Å². The van der Waals surface area contributed by atoms with Gasteiger partial charge in [0.1, 0.15) is 0 Å². The smallest absolute Gasteiger partial charge is 0.0928 e. The van der Waals surface area contributed by atoms with Crippen molar-refractivity contribution in [1.82, 2.24) is 9.88 Å². The van der Waals surface area contributed by atoms with E-state index < -0.39 is 0 Å². The second kappa shape index (κ2) is 3.63. The minimum atomic E-state index is 0.892. The van der Waals surface area contributed by atoms with Crippen molar-refractivity contribution in [3.05, 3.63) is 16.6 Å². The summed E-state index contributed by atoms with van der Waals surface area (Å²) in [5.74, 6) is 1.88. The molecular formula is C11H16N2S. The van der Waals surface area contributed by atoms with Gasteiger partial charge in [-0.05, 0) is 37.8 Å². The molecule has 0 aliphatic carbocycles. The normalized spacial score (nSPS) is 36.1. The van der Waals surface area contributed by atoms with E-state index in [1.165, 1.54) is 43.9 Å². The fourth-order valence-corrected chi connectivity index (χ4v) is 3.61. The van der Waals surface area contributed by atoms with Crippen LogP contribution in [0.15, 0.2) is 11.6 Å². The van der Waals surface area contributed by atoms with Crippen LogP contribution in [0.1, 0.15) is 17.8 Å². The highest BCUT2D eigenvalue weighted by atomic mass is 32.1. The van der Waals surface area contributed by atoms with Crippen LogP contribution in [0.3, 0.4) is 0 Å². The van der Waals surface area contributed by atoms with Crippen molar-refractivity contribution >= 4 is 11.3 Å². The first kappa shape index (κ1) is 8.86. The number of thiazole rings is 1. The maximum Gasteiger partial charge on any atom is 0.0928 e. The Kier molecular flexibility index (Phi) is 2.30. The van der Waals surface area contributed by atoms with Crippen LogP contribution in [0.5, 0.6) is 0 Å². The van der Waals surface area contributed by atoms with E-state index in [9.17, 15) is 0 Å². The molecule has 3 heteroatoms. The number of hydrogen-bond donors (Lipinski definition) is 0. The molecule has 1 atom stereocenters. The first-order chi connectivity index (χ1) is 6.92.